The second-order valence-corrected chi connectivity index (χ2v) is 19.1. The van der Waals surface area contributed by atoms with Crippen LogP contribution in [0.3, 0.4) is 0 Å². The summed E-state index contributed by atoms with van der Waals surface area (Å²) in [6.45, 7) is 10.9. The number of rotatable bonds is 8. The molecular formula is C52H62F3NO5. The highest BCUT2D eigenvalue weighted by Crippen LogP contribution is 2.59. The van der Waals surface area contributed by atoms with Crippen molar-refractivity contribution in [1.82, 2.24) is 4.90 Å². The average Bonchev–Trinajstić information content (AvgIpc) is 3.47. The van der Waals surface area contributed by atoms with Crippen LogP contribution in [0.15, 0.2) is 96.6 Å². The average molecular weight is 838 g/mol. The zero-order valence-electron chi connectivity index (χ0n) is 36.3. The van der Waals surface area contributed by atoms with Crippen molar-refractivity contribution < 1.29 is 37.7 Å². The lowest BCUT2D eigenvalue weighted by Gasteiger charge is -2.46. The third kappa shape index (κ3) is 9.63. The molecule has 4 aromatic carbocycles. The van der Waals surface area contributed by atoms with Gasteiger partial charge < -0.3 is 19.8 Å². The summed E-state index contributed by atoms with van der Waals surface area (Å²) in [5.74, 6) is 0.0434. The van der Waals surface area contributed by atoms with Gasteiger partial charge in [-0.3, -0.25) is 4.79 Å². The van der Waals surface area contributed by atoms with Gasteiger partial charge >= 0.3 is 12.3 Å². The molecule has 1 amide bonds. The van der Waals surface area contributed by atoms with Gasteiger partial charge in [-0.1, -0.05) is 112 Å². The minimum atomic E-state index is -4.63. The fourth-order valence-corrected chi connectivity index (χ4v) is 10.8. The molecule has 2 fully saturated rings. The first-order valence-corrected chi connectivity index (χ1v) is 22.3. The van der Waals surface area contributed by atoms with E-state index in [-0.39, 0.29) is 42.7 Å². The van der Waals surface area contributed by atoms with Gasteiger partial charge in [0.05, 0.1) is 23.8 Å². The molecule has 4 aliphatic carbocycles. The summed E-state index contributed by atoms with van der Waals surface area (Å²) in [7, 11) is 0. The van der Waals surface area contributed by atoms with Crippen molar-refractivity contribution in [2.45, 2.75) is 135 Å². The fraction of sp³-hybridized carbons (Fsp3) is 0.500. The fourth-order valence-electron chi connectivity index (χ4n) is 10.8. The number of aliphatic hydroxyl groups is 2. The first kappa shape index (κ1) is 44.6. The minimum absolute atomic E-state index is 0.0133. The molecule has 0 radical (unpaired) electrons. The molecule has 61 heavy (non-hydrogen) atoms. The number of benzene rings is 4. The lowest BCUT2D eigenvalue weighted by Crippen LogP contribution is -2.54. The molecule has 0 aliphatic heterocycles. The lowest BCUT2D eigenvalue weighted by atomic mass is 9.64. The van der Waals surface area contributed by atoms with Crippen LogP contribution in [0.1, 0.15) is 136 Å². The summed E-state index contributed by atoms with van der Waals surface area (Å²) in [6, 6.07) is 24.1. The van der Waals surface area contributed by atoms with Crippen molar-refractivity contribution in [3.05, 3.63) is 130 Å². The van der Waals surface area contributed by atoms with E-state index in [0.717, 1.165) is 53.3 Å². The third-order valence-corrected chi connectivity index (χ3v) is 14.5. The van der Waals surface area contributed by atoms with Crippen molar-refractivity contribution in [1.29, 1.82) is 0 Å². The van der Waals surface area contributed by atoms with E-state index in [0.29, 0.717) is 61.5 Å². The number of carbonyl (C=O) groups is 2. The normalized spacial score (nSPS) is 27.3. The summed E-state index contributed by atoms with van der Waals surface area (Å²) < 4.78 is 48.3. The van der Waals surface area contributed by atoms with Gasteiger partial charge in [-0.15, -0.1) is 0 Å². The Morgan fingerprint density at radius 2 is 1.69 bits per heavy atom. The monoisotopic (exact) mass is 837 g/mol. The highest BCUT2D eigenvalue weighted by Gasteiger charge is 2.58. The smallest absolute Gasteiger partial charge is 0.416 e. The standard InChI is InChI=1S/C52H62F3NO5/c1-33(2)42-22-19-35(4)27-47(42)61-49(59)56(31-39-15-8-13-37-12-6-7-17-43(37)39)32-51(60)26-24-46-44-23-20-36(28-41(57)21-18-34(3)11-10-25-50(46,51)5)29-45(44)48(58)38-14-9-16-40(30-38)52(53,54)55/h6-9,11-17,20,23,29-30,33,35,41-42,46-47,57,60H,10,18-19,21-22,24-28,31-32H2,1-5H3/t35-,41-,42+,46-,47-,50-,51+/m0/s1. The maximum absolute atomic E-state index is 14.8. The van der Waals surface area contributed by atoms with E-state index in [1.807, 2.05) is 54.6 Å². The number of alkyl halides is 3. The van der Waals surface area contributed by atoms with Crippen molar-refractivity contribution in [2.24, 2.45) is 23.2 Å². The van der Waals surface area contributed by atoms with Crippen LogP contribution in [-0.4, -0.2) is 51.3 Å². The molecule has 0 unspecified atom stereocenters. The maximum Gasteiger partial charge on any atom is 0.416 e. The molecule has 4 aliphatic rings. The molecule has 2 N–H and O–H groups in total. The van der Waals surface area contributed by atoms with Gasteiger partial charge in [0.2, 0.25) is 0 Å². The van der Waals surface area contributed by atoms with Gasteiger partial charge in [-0.25, -0.2) is 4.79 Å². The van der Waals surface area contributed by atoms with Gasteiger partial charge in [-0.05, 0) is 134 Å². The largest absolute Gasteiger partial charge is 0.446 e. The summed E-state index contributed by atoms with van der Waals surface area (Å²) in [6.07, 6.45) is 2.38. The van der Waals surface area contributed by atoms with Gasteiger partial charge in [0, 0.05) is 23.1 Å². The number of fused-ring (bicyclic) bond motifs is 9. The Kier molecular flexibility index (Phi) is 13.2. The number of amides is 1. The van der Waals surface area contributed by atoms with Gasteiger partial charge in [-0.2, -0.15) is 13.2 Å². The van der Waals surface area contributed by atoms with Gasteiger partial charge in [0.1, 0.15) is 6.10 Å². The molecule has 326 valence electrons. The summed E-state index contributed by atoms with van der Waals surface area (Å²) >= 11 is 0. The van der Waals surface area contributed by atoms with E-state index in [2.05, 4.69) is 40.7 Å². The molecule has 6 nitrogen and oxygen atoms in total. The molecule has 0 heterocycles. The van der Waals surface area contributed by atoms with Crippen LogP contribution in [0.2, 0.25) is 0 Å². The number of hydrogen-bond donors (Lipinski definition) is 2. The van der Waals surface area contributed by atoms with E-state index < -0.39 is 46.7 Å². The van der Waals surface area contributed by atoms with Crippen LogP contribution < -0.4 is 0 Å². The Labute approximate surface area is 359 Å². The number of ketones is 1. The number of aliphatic hydroxyl groups excluding tert-OH is 1. The number of carbonyl (C=O) groups excluding carboxylic acids is 2. The first-order valence-electron chi connectivity index (χ1n) is 22.3. The zero-order valence-corrected chi connectivity index (χ0v) is 36.3. The van der Waals surface area contributed by atoms with Crippen LogP contribution >= 0.6 is 0 Å². The molecule has 2 saturated carbocycles. The van der Waals surface area contributed by atoms with Crippen LogP contribution in [-0.2, 0) is 23.9 Å². The van der Waals surface area contributed by atoms with Gasteiger partial charge in [0.25, 0.3) is 0 Å². The molecule has 0 spiro atoms. The predicted octanol–water partition coefficient (Wildman–Crippen LogP) is 12.2. The third-order valence-electron chi connectivity index (χ3n) is 14.5. The summed E-state index contributed by atoms with van der Waals surface area (Å²) in [5.41, 5.74) is 0.378. The summed E-state index contributed by atoms with van der Waals surface area (Å²) in [5, 5.41) is 26.5. The van der Waals surface area contributed by atoms with E-state index >= 15 is 0 Å². The minimum Gasteiger partial charge on any atom is -0.446 e. The van der Waals surface area contributed by atoms with E-state index in [9.17, 15) is 33.0 Å². The predicted molar refractivity (Wildman–Crippen MR) is 234 cm³/mol. The van der Waals surface area contributed by atoms with Crippen molar-refractivity contribution >= 4 is 22.6 Å². The summed E-state index contributed by atoms with van der Waals surface area (Å²) in [4.78, 5) is 31.0. The first-order chi connectivity index (χ1) is 29.0. The Morgan fingerprint density at radius 1 is 0.934 bits per heavy atom. The molecule has 8 rings (SSSR count). The molecule has 4 aromatic rings. The quantitative estimate of drug-likeness (QED) is 0.136. The lowest BCUT2D eigenvalue weighted by molar-refractivity contribution is -0.137. The van der Waals surface area contributed by atoms with Gasteiger partial charge in [0.15, 0.2) is 5.78 Å². The number of ether oxygens (including phenoxy) is 1. The molecule has 0 saturated heterocycles. The van der Waals surface area contributed by atoms with Crippen LogP contribution in [0.4, 0.5) is 18.0 Å². The van der Waals surface area contributed by atoms with Crippen LogP contribution in [0.25, 0.3) is 10.8 Å². The molecule has 7 atom stereocenters. The number of nitrogens with zero attached hydrogens (tertiary/aromatic N) is 1. The Bertz CT molecular complexity index is 2240. The molecular weight excluding hydrogens is 776 g/mol. The number of halogens is 3. The number of hydrogen-bond acceptors (Lipinski definition) is 5. The number of allylic oxidation sites excluding steroid dienone is 2. The Morgan fingerprint density at radius 3 is 2.46 bits per heavy atom. The molecule has 0 aromatic heterocycles. The van der Waals surface area contributed by atoms with Crippen molar-refractivity contribution in [3.8, 4) is 0 Å². The molecule has 2 bridgehead atoms. The Hall–Kier alpha value is -4.47. The second kappa shape index (κ2) is 18.1. The highest BCUT2D eigenvalue weighted by molar-refractivity contribution is 6.10. The molecule has 9 heteroatoms. The highest BCUT2D eigenvalue weighted by atomic mass is 19.4. The van der Waals surface area contributed by atoms with E-state index in [4.69, 9.17) is 4.74 Å². The SMILES string of the molecule is CC1=CCC[C@@]2(C)[C@@H](CC[C@@]2(O)CN(Cc2cccc3ccccc23)C(=O)O[C@H]2C[C@@H](C)CC[C@@H]2C(C)C)c2ccc(cc2C(=O)c2cccc(C(F)(F)F)c2)C[C@@H](O)CC1. The maximum atomic E-state index is 14.8. The van der Waals surface area contributed by atoms with Crippen molar-refractivity contribution in [3.63, 3.8) is 0 Å². The zero-order chi connectivity index (χ0) is 43.7. The van der Waals surface area contributed by atoms with E-state index in [1.165, 1.54) is 12.1 Å². The topological polar surface area (TPSA) is 87.1 Å². The van der Waals surface area contributed by atoms with Crippen LogP contribution in [0.5, 0.6) is 0 Å². The van der Waals surface area contributed by atoms with Crippen molar-refractivity contribution in [2.75, 3.05) is 6.54 Å². The second-order valence-electron chi connectivity index (χ2n) is 19.1. The van der Waals surface area contributed by atoms with E-state index in [1.54, 1.807) is 11.0 Å². The Balaban J connectivity index is 1.31. The van der Waals surface area contributed by atoms with Crippen LogP contribution in [0, 0.1) is 23.2 Å².